The number of rotatable bonds is 13. The average Bonchev–Trinajstić information content (AvgIpc) is 2.98. The summed E-state index contributed by atoms with van der Waals surface area (Å²) in [5.74, 6) is -0.297. The number of para-hydroxylation sites is 1. The first-order chi connectivity index (χ1) is 20.2. The van der Waals surface area contributed by atoms with E-state index in [1.165, 1.54) is 17.0 Å². The maximum absolute atomic E-state index is 14.0. The van der Waals surface area contributed by atoms with Crippen LogP contribution < -0.4 is 9.62 Å². The van der Waals surface area contributed by atoms with Crippen LogP contribution in [0.2, 0.25) is 0 Å². The molecule has 42 heavy (non-hydrogen) atoms. The van der Waals surface area contributed by atoms with Gasteiger partial charge in [0, 0.05) is 32.0 Å². The zero-order valence-corrected chi connectivity index (χ0v) is 25.6. The molecule has 0 bridgehead atoms. The number of anilines is 1. The highest BCUT2D eigenvalue weighted by Crippen LogP contribution is 2.22. The molecule has 0 aromatic heterocycles. The quantitative estimate of drug-likeness (QED) is 0.280. The molecule has 2 amide bonds. The van der Waals surface area contributed by atoms with Crippen molar-refractivity contribution in [3.63, 3.8) is 0 Å². The van der Waals surface area contributed by atoms with Gasteiger partial charge in [-0.1, -0.05) is 92.1 Å². The molecule has 8 heteroatoms. The predicted molar refractivity (Wildman–Crippen MR) is 169 cm³/mol. The van der Waals surface area contributed by atoms with Gasteiger partial charge in [0.15, 0.2) is 0 Å². The maximum Gasteiger partial charge on any atom is 0.243 e. The third-order valence-electron chi connectivity index (χ3n) is 8.02. The van der Waals surface area contributed by atoms with Gasteiger partial charge in [-0.25, -0.2) is 8.42 Å². The summed E-state index contributed by atoms with van der Waals surface area (Å²) in [6.45, 7) is 2.48. The molecule has 1 N–H and O–H groups in total. The van der Waals surface area contributed by atoms with Crippen LogP contribution in [0, 0.1) is 6.92 Å². The second-order valence-electron chi connectivity index (χ2n) is 11.3. The van der Waals surface area contributed by atoms with Crippen molar-refractivity contribution < 1.29 is 18.0 Å². The van der Waals surface area contributed by atoms with Gasteiger partial charge in [0.05, 0.1) is 11.9 Å². The summed E-state index contributed by atoms with van der Waals surface area (Å²) < 4.78 is 26.5. The molecule has 224 valence electrons. The van der Waals surface area contributed by atoms with E-state index in [0.29, 0.717) is 25.1 Å². The summed E-state index contributed by atoms with van der Waals surface area (Å²) in [5, 5.41) is 3.27. The molecule has 1 aliphatic carbocycles. The Labute approximate surface area is 251 Å². The standard InChI is InChI=1S/C34H43N3O4S/c1-27-15-12-13-18-29(27)26-36(33(38)23-14-24-37(42(2,40)41)31-21-10-5-11-22-31)32(25-28-16-6-3-7-17-28)34(39)35-30-19-8-4-9-20-30/h3,5-7,10-13,15-18,21-22,30,32H,4,8-9,14,19-20,23-26H2,1-2H3,(H,35,39)/t32-/m1/s1. The lowest BCUT2D eigenvalue weighted by Gasteiger charge is -2.34. The Hall–Kier alpha value is -3.65. The largest absolute Gasteiger partial charge is 0.352 e. The summed E-state index contributed by atoms with van der Waals surface area (Å²) in [7, 11) is -3.53. The number of sulfonamides is 1. The number of benzene rings is 3. The molecule has 3 aromatic rings. The minimum Gasteiger partial charge on any atom is -0.352 e. The molecule has 1 saturated carbocycles. The Morgan fingerprint density at radius 2 is 1.50 bits per heavy atom. The van der Waals surface area contributed by atoms with Crippen molar-refractivity contribution in [2.24, 2.45) is 0 Å². The fourth-order valence-electron chi connectivity index (χ4n) is 5.67. The number of nitrogens with zero attached hydrogens (tertiary/aromatic N) is 2. The van der Waals surface area contributed by atoms with Crippen LogP contribution in [0.1, 0.15) is 61.6 Å². The van der Waals surface area contributed by atoms with E-state index in [1.54, 1.807) is 29.2 Å². The number of carbonyl (C=O) groups excluding carboxylic acids is 2. The fraction of sp³-hybridized carbons (Fsp3) is 0.412. The highest BCUT2D eigenvalue weighted by Gasteiger charge is 2.32. The lowest BCUT2D eigenvalue weighted by molar-refractivity contribution is -0.141. The number of carbonyl (C=O) groups is 2. The summed E-state index contributed by atoms with van der Waals surface area (Å²) in [6.07, 6.45) is 7.31. The zero-order valence-electron chi connectivity index (χ0n) is 24.7. The molecule has 0 spiro atoms. The van der Waals surface area contributed by atoms with Crippen molar-refractivity contribution in [2.75, 3.05) is 17.1 Å². The van der Waals surface area contributed by atoms with Gasteiger partial charge in [-0.05, 0) is 55.0 Å². The van der Waals surface area contributed by atoms with Crippen LogP contribution in [0.15, 0.2) is 84.9 Å². The molecular weight excluding hydrogens is 546 g/mol. The van der Waals surface area contributed by atoms with Gasteiger partial charge in [0.25, 0.3) is 0 Å². The van der Waals surface area contributed by atoms with Crippen LogP contribution in [0.3, 0.4) is 0 Å². The Kier molecular flexibility index (Phi) is 11.2. The van der Waals surface area contributed by atoms with Crippen molar-refractivity contribution in [3.05, 3.63) is 102 Å². The van der Waals surface area contributed by atoms with E-state index in [4.69, 9.17) is 0 Å². The van der Waals surface area contributed by atoms with Gasteiger partial charge in [0.2, 0.25) is 21.8 Å². The summed E-state index contributed by atoms with van der Waals surface area (Å²) in [4.78, 5) is 29.7. The zero-order chi connectivity index (χ0) is 30.0. The van der Waals surface area contributed by atoms with Gasteiger partial charge < -0.3 is 10.2 Å². The van der Waals surface area contributed by atoms with Gasteiger partial charge in [-0.3, -0.25) is 13.9 Å². The van der Waals surface area contributed by atoms with Crippen LogP contribution in [0.4, 0.5) is 5.69 Å². The van der Waals surface area contributed by atoms with Crippen molar-refractivity contribution in [3.8, 4) is 0 Å². The molecular formula is C34H43N3O4S. The fourth-order valence-corrected chi connectivity index (χ4v) is 6.63. The van der Waals surface area contributed by atoms with Crippen LogP contribution in [0.25, 0.3) is 0 Å². The molecule has 3 aromatic carbocycles. The van der Waals surface area contributed by atoms with E-state index in [9.17, 15) is 18.0 Å². The normalized spacial score (nSPS) is 14.6. The monoisotopic (exact) mass is 589 g/mol. The molecule has 0 unspecified atom stereocenters. The molecule has 0 aliphatic heterocycles. The molecule has 7 nitrogen and oxygen atoms in total. The molecule has 4 rings (SSSR count). The maximum atomic E-state index is 14.0. The highest BCUT2D eigenvalue weighted by atomic mass is 32.2. The van der Waals surface area contributed by atoms with E-state index in [2.05, 4.69) is 5.32 Å². The van der Waals surface area contributed by atoms with E-state index in [-0.39, 0.29) is 30.8 Å². The van der Waals surface area contributed by atoms with E-state index < -0.39 is 16.1 Å². The third kappa shape index (κ3) is 8.92. The lowest BCUT2D eigenvalue weighted by atomic mass is 9.94. The summed E-state index contributed by atoms with van der Waals surface area (Å²) in [6, 6.07) is 26.1. The summed E-state index contributed by atoms with van der Waals surface area (Å²) >= 11 is 0. The van der Waals surface area contributed by atoms with Gasteiger partial charge in [-0.2, -0.15) is 0 Å². The van der Waals surface area contributed by atoms with E-state index in [0.717, 1.165) is 42.4 Å². The second kappa shape index (κ2) is 15.0. The Morgan fingerprint density at radius 3 is 2.14 bits per heavy atom. The first-order valence-electron chi connectivity index (χ1n) is 14.9. The van der Waals surface area contributed by atoms with Crippen molar-refractivity contribution in [1.29, 1.82) is 0 Å². The van der Waals surface area contributed by atoms with E-state index in [1.807, 2.05) is 67.6 Å². The molecule has 1 atom stereocenters. The average molecular weight is 590 g/mol. The number of hydrogen-bond acceptors (Lipinski definition) is 4. The topological polar surface area (TPSA) is 86.8 Å². The first kappa shape index (κ1) is 31.3. The summed E-state index contributed by atoms with van der Waals surface area (Å²) in [5.41, 5.74) is 3.58. The predicted octanol–water partition coefficient (Wildman–Crippen LogP) is 5.63. The van der Waals surface area contributed by atoms with Crippen LogP contribution in [-0.2, 0) is 32.6 Å². The van der Waals surface area contributed by atoms with Gasteiger partial charge >= 0.3 is 0 Å². The van der Waals surface area contributed by atoms with Gasteiger partial charge in [0.1, 0.15) is 6.04 Å². The Balaban J connectivity index is 1.59. The molecule has 0 heterocycles. The third-order valence-corrected chi connectivity index (χ3v) is 9.22. The number of hydrogen-bond donors (Lipinski definition) is 1. The Morgan fingerprint density at radius 1 is 0.881 bits per heavy atom. The minimum atomic E-state index is -3.53. The molecule has 1 aliphatic rings. The highest BCUT2D eigenvalue weighted by molar-refractivity contribution is 7.92. The number of nitrogens with one attached hydrogen (secondary N) is 1. The first-order valence-corrected chi connectivity index (χ1v) is 16.8. The van der Waals surface area contributed by atoms with Crippen LogP contribution in [0.5, 0.6) is 0 Å². The molecule has 1 fully saturated rings. The molecule has 0 radical (unpaired) electrons. The smallest absolute Gasteiger partial charge is 0.243 e. The van der Waals surface area contributed by atoms with Crippen LogP contribution >= 0.6 is 0 Å². The van der Waals surface area contributed by atoms with Gasteiger partial charge in [-0.15, -0.1) is 0 Å². The van der Waals surface area contributed by atoms with E-state index >= 15 is 0 Å². The second-order valence-corrected chi connectivity index (χ2v) is 13.2. The number of aryl methyl sites for hydroxylation is 1. The van der Waals surface area contributed by atoms with Crippen molar-refractivity contribution in [2.45, 2.75) is 76.9 Å². The Bertz CT molecular complexity index is 1410. The SMILES string of the molecule is Cc1ccccc1CN(C(=O)CCCN(c1ccccc1)S(C)(=O)=O)[C@H](Cc1ccccc1)C(=O)NC1CCCCC1. The number of amides is 2. The lowest BCUT2D eigenvalue weighted by Crippen LogP contribution is -2.53. The minimum absolute atomic E-state index is 0.118. The van der Waals surface area contributed by atoms with Crippen molar-refractivity contribution in [1.82, 2.24) is 10.2 Å². The van der Waals surface area contributed by atoms with Crippen LogP contribution in [-0.4, -0.2) is 50.0 Å². The molecule has 0 saturated heterocycles. The van der Waals surface area contributed by atoms with Crippen molar-refractivity contribution >= 4 is 27.5 Å².